The van der Waals surface area contributed by atoms with E-state index in [0.29, 0.717) is 6.04 Å². The largest absolute Gasteiger partial charge is 0.495 e. The molecule has 0 radical (unpaired) electrons. The summed E-state index contributed by atoms with van der Waals surface area (Å²) in [6.07, 6.45) is 5.24. The third-order valence-corrected chi connectivity index (χ3v) is 4.67. The first-order chi connectivity index (χ1) is 9.15. The van der Waals surface area contributed by atoms with Crippen LogP contribution in [0.4, 0.5) is 0 Å². The zero-order valence-electron chi connectivity index (χ0n) is 11.5. The molecule has 0 spiro atoms. The molecular formula is C15H21BrClNO. The van der Waals surface area contributed by atoms with Gasteiger partial charge in [-0.05, 0) is 46.9 Å². The van der Waals surface area contributed by atoms with Crippen molar-refractivity contribution in [2.75, 3.05) is 13.7 Å². The molecule has 1 saturated carbocycles. The van der Waals surface area contributed by atoms with E-state index in [-0.39, 0.29) is 0 Å². The van der Waals surface area contributed by atoms with Crippen molar-refractivity contribution in [3.8, 4) is 5.75 Å². The number of benzene rings is 1. The van der Waals surface area contributed by atoms with Crippen LogP contribution < -0.4 is 10.1 Å². The van der Waals surface area contributed by atoms with Crippen LogP contribution in [0.25, 0.3) is 0 Å². The van der Waals surface area contributed by atoms with Crippen molar-refractivity contribution in [3.63, 3.8) is 0 Å². The molecule has 106 valence electrons. The zero-order chi connectivity index (χ0) is 13.8. The maximum Gasteiger partial charge on any atom is 0.137 e. The summed E-state index contributed by atoms with van der Waals surface area (Å²) in [5, 5.41) is 4.32. The monoisotopic (exact) mass is 345 g/mol. The second-order valence-electron chi connectivity index (χ2n) is 5.15. The Bertz CT molecular complexity index is 434. The Balaban J connectivity index is 2.27. The third-order valence-electron chi connectivity index (χ3n) is 3.86. The fourth-order valence-corrected chi connectivity index (χ4v) is 3.68. The highest BCUT2D eigenvalue weighted by Crippen LogP contribution is 2.41. The first-order valence-corrected chi connectivity index (χ1v) is 8.09. The number of halogens is 2. The molecule has 19 heavy (non-hydrogen) atoms. The Morgan fingerprint density at radius 3 is 2.74 bits per heavy atom. The number of hydrogen-bond donors (Lipinski definition) is 1. The van der Waals surface area contributed by atoms with Crippen LogP contribution in [0.1, 0.15) is 44.2 Å². The van der Waals surface area contributed by atoms with Crippen molar-refractivity contribution < 1.29 is 4.74 Å². The van der Waals surface area contributed by atoms with Crippen LogP contribution in [0, 0.1) is 5.92 Å². The van der Waals surface area contributed by atoms with E-state index in [1.807, 2.05) is 12.1 Å². The molecule has 1 N–H and O–H groups in total. The maximum absolute atomic E-state index is 6.19. The fourth-order valence-electron chi connectivity index (χ4n) is 2.68. The van der Waals surface area contributed by atoms with Crippen LogP contribution in [0.15, 0.2) is 16.6 Å². The van der Waals surface area contributed by atoms with E-state index in [9.17, 15) is 0 Å². The van der Waals surface area contributed by atoms with E-state index in [1.54, 1.807) is 7.11 Å². The van der Waals surface area contributed by atoms with Gasteiger partial charge in [0.05, 0.1) is 11.6 Å². The van der Waals surface area contributed by atoms with Gasteiger partial charge in [0.2, 0.25) is 0 Å². The summed E-state index contributed by atoms with van der Waals surface area (Å²) < 4.78 is 6.47. The van der Waals surface area contributed by atoms with Crippen molar-refractivity contribution in [1.29, 1.82) is 0 Å². The summed E-state index contributed by atoms with van der Waals surface area (Å²) in [5.41, 5.74) is 1.16. The summed E-state index contributed by atoms with van der Waals surface area (Å²) in [4.78, 5) is 0. The highest BCUT2D eigenvalue weighted by atomic mass is 79.9. The molecule has 1 fully saturated rings. The second kappa shape index (κ2) is 6.96. The number of nitrogens with one attached hydrogen (secondary N) is 1. The lowest BCUT2D eigenvalue weighted by Crippen LogP contribution is -2.26. The van der Waals surface area contributed by atoms with Gasteiger partial charge >= 0.3 is 0 Å². The lowest BCUT2D eigenvalue weighted by Gasteiger charge is -2.31. The summed E-state index contributed by atoms with van der Waals surface area (Å²) >= 11 is 9.73. The molecule has 0 aromatic heterocycles. The highest BCUT2D eigenvalue weighted by Gasteiger charge is 2.25. The van der Waals surface area contributed by atoms with Crippen LogP contribution in [0.5, 0.6) is 5.75 Å². The average molecular weight is 347 g/mol. The van der Waals surface area contributed by atoms with Gasteiger partial charge in [-0.1, -0.05) is 37.8 Å². The lowest BCUT2D eigenvalue weighted by atomic mass is 9.79. The van der Waals surface area contributed by atoms with Gasteiger partial charge in [0, 0.05) is 16.6 Å². The van der Waals surface area contributed by atoms with Crippen LogP contribution in [0.2, 0.25) is 5.02 Å². The molecule has 1 atom stereocenters. The van der Waals surface area contributed by atoms with E-state index in [4.69, 9.17) is 16.3 Å². The van der Waals surface area contributed by atoms with Crippen molar-refractivity contribution in [3.05, 3.63) is 27.2 Å². The summed E-state index contributed by atoms with van der Waals surface area (Å²) in [7, 11) is 1.71. The molecule has 1 aliphatic carbocycles. The topological polar surface area (TPSA) is 21.3 Å². The van der Waals surface area contributed by atoms with E-state index < -0.39 is 0 Å². The standard InChI is InChI=1S/C15H21BrClNO/c1-3-18-14(7-10-5-4-6-10)12-8-11(17)9-13(16)15(12)19-2/h8-10,14,18H,3-7H2,1-2H3. The Morgan fingerprint density at radius 2 is 2.21 bits per heavy atom. The first-order valence-electron chi connectivity index (χ1n) is 6.92. The number of methoxy groups -OCH3 is 1. The summed E-state index contributed by atoms with van der Waals surface area (Å²) in [6.45, 7) is 3.09. The molecule has 4 heteroatoms. The highest BCUT2D eigenvalue weighted by molar-refractivity contribution is 9.10. The van der Waals surface area contributed by atoms with Crippen molar-refractivity contribution in [1.82, 2.24) is 5.32 Å². The number of rotatable bonds is 6. The van der Waals surface area contributed by atoms with Crippen molar-refractivity contribution >= 4 is 27.5 Å². The second-order valence-corrected chi connectivity index (χ2v) is 6.44. The van der Waals surface area contributed by atoms with Gasteiger partial charge in [0.1, 0.15) is 5.75 Å². The first kappa shape index (κ1) is 15.1. The minimum absolute atomic E-state index is 0.320. The summed E-state index contributed by atoms with van der Waals surface area (Å²) in [6, 6.07) is 4.23. The van der Waals surface area contributed by atoms with Crippen molar-refractivity contribution in [2.45, 2.75) is 38.6 Å². The predicted octanol–water partition coefficient (Wildman–Crippen LogP) is 4.95. The minimum atomic E-state index is 0.320. The molecule has 0 bridgehead atoms. The summed E-state index contributed by atoms with van der Waals surface area (Å²) in [5.74, 6) is 1.74. The molecule has 0 heterocycles. The van der Waals surface area contributed by atoms with Crippen LogP contribution in [-0.2, 0) is 0 Å². The molecule has 0 saturated heterocycles. The lowest BCUT2D eigenvalue weighted by molar-refractivity contribution is 0.259. The minimum Gasteiger partial charge on any atom is -0.495 e. The Kier molecular flexibility index (Phi) is 5.55. The Hall–Kier alpha value is -0.250. The van der Waals surface area contributed by atoms with Crippen LogP contribution >= 0.6 is 27.5 Å². The van der Waals surface area contributed by atoms with E-state index >= 15 is 0 Å². The molecule has 2 rings (SSSR count). The van der Waals surface area contributed by atoms with E-state index in [1.165, 1.54) is 19.3 Å². The zero-order valence-corrected chi connectivity index (χ0v) is 13.9. The Labute approximate surface area is 129 Å². The molecule has 1 unspecified atom stereocenters. The van der Waals surface area contributed by atoms with Gasteiger partial charge < -0.3 is 10.1 Å². The van der Waals surface area contributed by atoms with E-state index in [0.717, 1.165) is 39.7 Å². The average Bonchev–Trinajstić information content (AvgIpc) is 2.31. The number of hydrogen-bond acceptors (Lipinski definition) is 2. The van der Waals surface area contributed by atoms with Gasteiger partial charge in [0.25, 0.3) is 0 Å². The van der Waals surface area contributed by atoms with Gasteiger partial charge in [-0.3, -0.25) is 0 Å². The van der Waals surface area contributed by atoms with Crippen LogP contribution in [-0.4, -0.2) is 13.7 Å². The predicted molar refractivity (Wildman–Crippen MR) is 84.1 cm³/mol. The van der Waals surface area contributed by atoms with Gasteiger partial charge in [0.15, 0.2) is 0 Å². The maximum atomic E-state index is 6.19. The van der Waals surface area contributed by atoms with Gasteiger partial charge in [-0.25, -0.2) is 0 Å². The van der Waals surface area contributed by atoms with Crippen molar-refractivity contribution in [2.24, 2.45) is 5.92 Å². The van der Waals surface area contributed by atoms with Gasteiger partial charge in [-0.15, -0.1) is 0 Å². The molecule has 1 aliphatic rings. The molecule has 1 aromatic rings. The van der Waals surface area contributed by atoms with Gasteiger partial charge in [-0.2, -0.15) is 0 Å². The smallest absolute Gasteiger partial charge is 0.137 e. The normalized spacial score (nSPS) is 17.1. The number of ether oxygens (including phenoxy) is 1. The Morgan fingerprint density at radius 1 is 1.47 bits per heavy atom. The molecule has 0 aliphatic heterocycles. The molecule has 0 amide bonds. The fraction of sp³-hybridized carbons (Fsp3) is 0.600. The third kappa shape index (κ3) is 3.65. The molecule has 2 nitrogen and oxygen atoms in total. The molecule has 1 aromatic carbocycles. The SMILES string of the molecule is CCNC(CC1CCC1)c1cc(Cl)cc(Br)c1OC. The molecular weight excluding hydrogens is 326 g/mol. The quantitative estimate of drug-likeness (QED) is 0.786. The van der Waals surface area contributed by atoms with Crippen LogP contribution in [0.3, 0.4) is 0 Å². The van der Waals surface area contributed by atoms with E-state index in [2.05, 4.69) is 28.2 Å².